The lowest BCUT2D eigenvalue weighted by atomic mass is 9.75. The average Bonchev–Trinajstić information content (AvgIpc) is 2.60. The summed E-state index contributed by atoms with van der Waals surface area (Å²) in [6.07, 6.45) is 6.25. The summed E-state index contributed by atoms with van der Waals surface area (Å²) >= 11 is 0. The first-order chi connectivity index (χ1) is 12.0. The average molecular weight is 338 g/mol. The first-order valence-electron chi connectivity index (χ1n) is 9.17. The minimum absolute atomic E-state index is 0.0684. The van der Waals surface area contributed by atoms with Gasteiger partial charge in [-0.05, 0) is 47.8 Å². The summed E-state index contributed by atoms with van der Waals surface area (Å²) in [5, 5.41) is 9.61. The minimum Gasteiger partial charge on any atom is -0.446 e. The highest BCUT2D eigenvalue weighted by molar-refractivity contribution is 5.74. The van der Waals surface area contributed by atoms with Gasteiger partial charge in [0.05, 0.1) is 6.07 Å². The normalized spacial score (nSPS) is 28.4. The van der Waals surface area contributed by atoms with Crippen molar-refractivity contribution in [1.29, 1.82) is 5.26 Å². The van der Waals surface area contributed by atoms with Crippen molar-refractivity contribution >= 4 is 12.2 Å². The van der Waals surface area contributed by atoms with Gasteiger partial charge >= 0.3 is 6.09 Å². The van der Waals surface area contributed by atoms with E-state index >= 15 is 0 Å². The van der Waals surface area contributed by atoms with Crippen molar-refractivity contribution in [3.8, 4) is 6.07 Å². The van der Waals surface area contributed by atoms with E-state index in [4.69, 9.17) is 4.74 Å². The van der Waals surface area contributed by atoms with Gasteiger partial charge in [-0.2, -0.15) is 5.26 Å². The van der Waals surface area contributed by atoms with Crippen LogP contribution in [-0.4, -0.2) is 17.1 Å². The van der Waals surface area contributed by atoms with E-state index in [-0.39, 0.29) is 6.10 Å². The molecule has 3 rings (SSSR count). The number of hydrogen-bond acceptors (Lipinski definition) is 3. The zero-order chi connectivity index (χ0) is 18.0. The number of carbonyl (C=O) groups excluding carboxylic acids is 1. The number of rotatable bonds is 2. The molecule has 4 nitrogen and oxygen atoms in total. The highest BCUT2D eigenvalue weighted by Crippen LogP contribution is 2.37. The van der Waals surface area contributed by atoms with Crippen LogP contribution < -0.4 is 0 Å². The fraction of sp³-hybridized carbons (Fsp3) is 0.524. The Morgan fingerprint density at radius 2 is 2.08 bits per heavy atom. The second kappa shape index (κ2) is 7.31. The van der Waals surface area contributed by atoms with E-state index in [1.54, 1.807) is 6.20 Å². The number of carbonyl (C=O) groups is 1. The molecule has 1 amide bonds. The number of amides is 1. The second-order valence-corrected chi connectivity index (χ2v) is 7.63. The molecule has 1 aromatic carbocycles. The van der Waals surface area contributed by atoms with Gasteiger partial charge in [0.1, 0.15) is 6.10 Å². The third-order valence-corrected chi connectivity index (χ3v) is 5.53. The maximum Gasteiger partial charge on any atom is 0.415 e. The molecule has 0 radical (unpaired) electrons. The molecule has 1 aromatic rings. The SMILES string of the molecule is CC(C)[C@H]1CC[C@H](C)C[C@@H]1OC(=O)N1C=Cc2ccccc2[C@@H]1C#N. The van der Waals surface area contributed by atoms with E-state index < -0.39 is 12.1 Å². The molecule has 0 aromatic heterocycles. The third kappa shape index (κ3) is 3.56. The van der Waals surface area contributed by atoms with E-state index in [1.807, 2.05) is 30.3 Å². The number of benzene rings is 1. The van der Waals surface area contributed by atoms with E-state index in [0.29, 0.717) is 17.8 Å². The van der Waals surface area contributed by atoms with Crippen LogP contribution in [0.1, 0.15) is 57.2 Å². The molecule has 4 heteroatoms. The minimum atomic E-state index is -0.632. The van der Waals surface area contributed by atoms with Crippen molar-refractivity contribution in [2.45, 2.75) is 52.2 Å². The molecular formula is C21H26N2O2. The molecule has 2 aliphatic rings. The lowest BCUT2D eigenvalue weighted by Crippen LogP contribution is -2.40. The number of hydrogen-bond donors (Lipinski definition) is 0. The number of fused-ring (bicyclic) bond motifs is 1. The van der Waals surface area contributed by atoms with Gasteiger partial charge in [-0.25, -0.2) is 4.79 Å². The lowest BCUT2D eigenvalue weighted by Gasteiger charge is -2.38. The maximum atomic E-state index is 12.8. The summed E-state index contributed by atoms with van der Waals surface area (Å²) < 4.78 is 5.91. The Morgan fingerprint density at radius 3 is 2.80 bits per heavy atom. The first-order valence-corrected chi connectivity index (χ1v) is 9.17. The zero-order valence-corrected chi connectivity index (χ0v) is 15.2. The Balaban J connectivity index is 1.78. The molecule has 1 fully saturated rings. The van der Waals surface area contributed by atoms with Crippen LogP contribution in [0.3, 0.4) is 0 Å². The Bertz CT molecular complexity index is 704. The predicted molar refractivity (Wildman–Crippen MR) is 97.3 cm³/mol. The van der Waals surface area contributed by atoms with Gasteiger partial charge in [-0.3, -0.25) is 4.90 Å². The largest absolute Gasteiger partial charge is 0.446 e. The zero-order valence-electron chi connectivity index (χ0n) is 15.2. The fourth-order valence-corrected chi connectivity index (χ4v) is 4.05. The first kappa shape index (κ1) is 17.5. The van der Waals surface area contributed by atoms with Crippen LogP contribution in [0.25, 0.3) is 6.08 Å². The topological polar surface area (TPSA) is 53.3 Å². The van der Waals surface area contributed by atoms with Crippen molar-refractivity contribution in [3.05, 3.63) is 41.6 Å². The van der Waals surface area contributed by atoms with Crippen molar-refractivity contribution in [3.63, 3.8) is 0 Å². The van der Waals surface area contributed by atoms with Crippen molar-refractivity contribution in [2.75, 3.05) is 0 Å². The van der Waals surface area contributed by atoms with E-state index in [0.717, 1.165) is 24.0 Å². The number of nitriles is 1. The molecule has 0 saturated heterocycles. The van der Waals surface area contributed by atoms with Gasteiger partial charge in [-0.15, -0.1) is 0 Å². The van der Waals surface area contributed by atoms with Crippen molar-refractivity contribution in [2.24, 2.45) is 17.8 Å². The van der Waals surface area contributed by atoms with E-state index in [2.05, 4.69) is 26.8 Å². The third-order valence-electron chi connectivity index (χ3n) is 5.53. The van der Waals surface area contributed by atoms with Gasteiger partial charge in [0.2, 0.25) is 0 Å². The van der Waals surface area contributed by atoms with Crippen LogP contribution in [-0.2, 0) is 4.74 Å². The molecule has 0 N–H and O–H groups in total. The Morgan fingerprint density at radius 1 is 1.32 bits per heavy atom. The maximum absolute atomic E-state index is 12.8. The predicted octanol–water partition coefficient (Wildman–Crippen LogP) is 5.13. The highest BCUT2D eigenvalue weighted by Gasteiger charge is 2.36. The summed E-state index contributed by atoms with van der Waals surface area (Å²) in [5.74, 6) is 1.44. The molecule has 0 bridgehead atoms. The van der Waals surface area contributed by atoms with Gasteiger partial charge in [0.15, 0.2) is 6.04 Å². The van der Waals surface area contributed by atoms with Crippen LogP contribution in [0.2, 0.25) is 0 Å². The Kier molecular flexibility index (Phi) is 5.13. The summed E-state index contributed by atoms with van der Waals surface area (Å²) in [5.41, 5.74) is 1.83. The molecule has 1 aliphatic carbocycles. The molecule has 1 saturated carbocycles. The van der Waals surface area contributed by atoms with Gasteiger partial charge < -0.3 is 4.74 Å². The van der Waals surface area contributed by atoms with Crippen LogP contribution in [0, 0.1) is 29.1 Å². The van der Waals surface area contributed by atoms with E-state index in [1.165, 1.54) is 11.3 Å². The van der Waals surface area contributed by atoms with E-state index in [9.17, 15) is 10.1 Å². The Labute approximate surface area is 150 Å². The lowest BCUT2D eigenvalue weighted by molar-refractivity contribution is -0.00735. The van der Waals surface area contributed by atoms with Gasteiger partial charge in [-0.1, -0.05) is 51.5 Å². The van der Waals surface area contributed by atoms with Crippen LogP contribution in [0.5, 0.6) is 0 Å². The van der Waals surface area contributed by atoms with Gasteiger partial charge in [0.25, 0.3) is 0 Å². The molecule has 1 heterocycles. The number of nitrogens with zero attached hydrogens (tertiary/aromatic N) is 2. The molecule has 1 aliphatic heterocycles. The monoisotopic (exact) mass is 338 g/mol. The fourth-order valence-electron chi connectivity index (χ4n) is 4.05. The highest BCUT2D eigenvalue weighted by atomic mass is 16.6. The number of ether oxygens (including phenoxy) is 1. The molecule has 0 unspecified atom stereocenters. The summed E-state index contributed by atoms with van der Waals surface area (Å²) in [7, 11) is 0. The van der Waals surface area contributed by atoms with Crippen LogP contribution in [0.4, 0.5) is 4.79 Å². The standard InChI is InChI=1S/C21H26N2O2/c1-14(2)17-9-8-15(3)12-20(17)25-21(24)23-11-10-16-6-4-5-7-18(16)19(23)13-22/h4-7,10-11,14-15,17,19-20H,8-9,12H2,1-3H3/t15-,17+,19-,20-/m0/s1. The molecule has 0 spiro atoms. The van der Waals surface area contributed by atoms with Crippen molar-refractivity contribution < 1.29 is 9.53 Å². The van der Waals surface area contributed by atoms with Gasteiger partial charge in [0, 0.05) is 6.20 Å². The Hall–Kier alpha value is -2.28. The van der Waals surface area contributed by atoms with Crippen LogP contribution in [0.15, 0.2) is 30.5 Å². The smallest absolute Gasteiger partial charge is 0.415 e. The second-order valence-electron chi connectivity index (χ2n) is 7.63. The summed E-state index contributed by atoms with van der Waals surface area (Å²) in [6, 6.07) is 9.29. The van der Waals surface area contributed by atoms with Crippen molar-refractivity contribution in [1.82, 2.24) is 4.90 Å². The summed E-state index contributed by atoms with van der Waals surface area (Å²) in [4.78, 5) is 14.3. The quantitative estimate of drug-likeness (QED) is 0.750. The van der Waals surface area contributed by atoms with Crippen LogP contribution >= 0.6 is 0 Å². The molecular weight excluding hydrogens is 312 g/mol. The molecule has 25 heavy (non-hydrogen) atoms. The molecule has 132 valence electrons. The molecule has 4 atom stereocenters. The summed E-state index contributed by atoms with van der Waals surface area (Å²) in [6.45, 7) is 6.60.